The van der Waals surface area contributed by atoms with Crippen LogP contribution in [0.15, 0.2) is 48.0 Å². The summed E-state index contributed by atoms with van der Waals surface area (Å²) in [4.78, 5) is 12.5. The number of methoxy groups -OCH3 is 1. The van der Waals surface area contributed by atoms with E-state index in [-0.39, 0.29) is 5.91 Å². The summed E-state index contributed by atoms with van der Waals surface area (Å²) in [5, 5.41) is 2.92. The van der Waals surface area contributed by atoms with Gasteiger partial charge in [-0.2, -0.15) is 0 Å². The van der Waals surface area contributed by atoms with Crippen LogP contribution in [0, 0.1) is 0 Å². The molecule has 0 saturated carbocycles. The molecule has 5 heteroatoms. The van der Waals surface area contributed by atoms with Gasteiger partial charge in [-0.3, -0.25) is 4.79 Å². The molecule has 1 heterocycles. The summed E-state index contributed by atoms with van der Waals surface area (Å²) in [7, 11) is 1.54. The van der Waals surface area contributed by atoms with Gasteiger partial charge in [0.25, 0.3) is 5.91 Å². The van der Waals surface area contributed by atoms with Crippen LogP contribution in [0.1, 0.15) is 36.7 Å². The van der Waals surface area contributed by atoms with Crippen LogP contribution < -0.4 is 19.5 Å². The van der Waals surface area contributed by atoms with Crippen molar-refractivity contribution in [1.82, 2.24) is 5.32 Å². The second-order valence-corrected chi connectivity index (χ2v) is 6.69. The van der Waals surface area contributed by atoms with Crippen molar-refractivity contribution >= 4 is 12.0 Å². The number of fused-ring (bicyclic) bond motifs is 1. The number of amides is 1. The molecule has 3 rings (SSSR count). The Morgan fingerprint density at radius 1 is 1.19 bits per heavy atom. The monoisotopic (exact) mass is 353 g/mol. The number of benzene rings is 2. The van der Waals surface area contributed by atoms with Crippen molar-refractivity contribution in [2.75, 3.05) is 13.7 Å². The van der Waals surface area contributed by atoms with Gasteiger partial charge < -0.3 is 19.5 Å². The van der Waals surface area contributed by atoms with Gasteiger partial charge in [-0.1, -0.05) is 42.0 Å². The molecule has 136 valence electrons. The molecule has 5 nitrogen and oxygen atoms in total. The zero-order valence-corrected chi connectivity index (χ0v) is 15.5. The number of carbonyl (C=O) groups is 1. The molecule has 0 unspecified atom stereocenters. The zero-order valence-electron chi connectivity index (χ0n) is 15.5. The van der Waals surface area contributed by atoms with Crippen molar-refractivity contribution in [1.29, 1.82) is 0 Å². The fourth-order valence-corrected chi connectivity index (χ4v) is 2.77. The van der Waals surface area contributed by atoms with Crippen molar-refractivity contribution < 1.29 is 19.0 Å². The SMILES string of the molecule is COc1cc(C(=O)NC/C(C)=C/c2ccccc2)cc2c1OC(C)(C)O2. The van der Waals surface area contributed by atoms with Crippen LogP contribution in [0.5, 0.6) is 17.2 Å². The van der Waals surface area contributed by atoms with E-state index in [9.17, 15) is 4.79 Å². The molecule has 1 aliphatic rings. The highest BCUT2D eigenvalue weighted by Crippen LogP contribution is 2.46. The predicted molar refractivity (Wildman–Crippen MR) is 101 cm³/mol. The molecule has 0 fully saturated rings. The van der Waals surface area contributed by atoms with E-state index in [2.05, 4.69) is 5.32 Å². The van der Waals surface area contributed by atoms with E-state index < -0.39 is 5.79 Å². The van der Waals surface area contributed by atoms with Crippen LogP contribution in [0.4, 0.5) is 0 Å². The average Bonchev–Trinajstić information content (AvgIpc) is 2.93. The van der Waals surface area contributed by atoms with E-state index in [0.29, 0.717) is 29.4 Å². The Bertz CT molecular complexity index is 841. The summed E-state index contributed by atoms with van der Waals surface area (Å²) >= 11 is 0. The van der Waals surface area contributed by atoms with Gasteiger partial charge in [-0.15, -0.1) is 0 Å². The summed E-state index contributed by atoms with van der Waals surface area (Å²) in [5.41, 5.74) is 2.62. The van der Waals surface area contributed by atoms with Crippen molar-refractivity contribution in [2.45, 2.75) is 26.6 Å². The van der Waals surface area contributed by atoms with Gasteiger partial charge in [-0.25, -0.2) is 0 Å². The van der Waals surface area contributed by atoms with Crippen LogP contribution in [0.3, 0.4) is 0 Å². The third-order valence-electron chi connectivity index (χ3n) is 3.95. The van der Waals surface area contributed by atoms with Crippen LogP contribution in [0.2, 0.25) is 0 Å². The third kappa shape index (κ3) is 3.99. The summed E-state index contributed by atoms with van der Waals surface area (Å²) in [6, 6.07) is 13.3. The molecule has 0 bridgehead atoms. The minimum Gasteiger partial charge on any atom is -0.493 e. The Morgan fingerprint density at radius 2 is 1.92 bits per heavy atom. The summed E-state index contributed by atoms with van der Waals surface area (Å²) in [6.45, 7) is 6.06. The number of hydrogen-bond acceptors (Lipinski definition) is 4. The first-order valence-electron chi connectivity index (χ1n) is 8.48. The molecule has 26 heavy (non-hydrogen) atoms. The molecule has 0 atom stereocenters. The third-order valence-corrected chi connectivity index (χ3v) is 3.95. The summed E-state index contributed by atoms with van der Waals surface area (Å²) < 4.78 is 16.8. The Balaban J connectivity index is 1.72. The molecular formula is C21H23NO4. The Kier molecular flexibility index (Phi) is 4.89. The van der Waals surface area contributed by atoms with Crippen LogP contribution in [-0.2, 0) is 0 Å². The molecule has 2 aromatic carbocycles. The highest BCUT2D eigenvalue weighted by Gasteiger charge is 2.35. The fraction of sp³-hybridized carbons (Fsp3) is 0.286. The van der Waals surface area contributed by atoms with Gasteiger partial charge in [-0.05, 0) is 24.6 Å². The minimum atomic E-state index is -0.778. The Hall–Kier alpha value is -2.95. The van der Waals surface area contributed by atoms with Crippen LogP contribution in [-0.4, -0.2) is 25.3 Å². The molecular weight excluding hydrogens is 330 g/mol. The molecule has 1 N–H and O–H groups in total. The molecule has 0 radical (unpaired) electrons. The van der Waals surface area contributed by atoms with Crippen LogP contribution in [0.25, 0.3) is 6.08 Å². The van der Waals surface area contributed by atoms with Gasteiger partial charge in [0, 0.05) is 26.0 Å². The standard InChI is InChI=1S/C21H23NO4/c1-14(10-15-8-6-5-7-9-15)13-22-20(23)16-11-17(24-4)19-18(12-16)25-21(2,3)26-19/h5-12H,13H2,1-4H3,(H,22,23)/b14-10+. The smallest absolute Gasteiger partial charge is 0.251 e. The molecule has 0 aliphatic carbocycles. The number of carbonyl (C=O) groups excluding carboxylic acids is 1. The topological polar surface area (TPSA) is 56.8 Å². The first-order chi connectivity index (χ1) is 12.4. The average molecular weight is 353 g/mol. The second-order valence-electron chi connectivity index (χ2n) is 6.69. The second kappa shape index (κ2) is 7.12. The maximum Gasteiger partial charge on any atom is 0.251 e. The van der Waals surface area contributed by atoms with Gasteiger partial charge >= 0.3 is 0 Å². The molecule has 0 spiro atoms. The van der Waals surface area contributed by atoms with Gasteiger partial charge in [0.2, 0.25) is 11.5 Å². The van der Waals surface area contributed by atoms with Crippen molar-refractivity contribution in [3.63, 3.8) is 0 Å². The molecule has 1 amide bonds. The summed E-state index contributed by atoms with van der Waals surface area (Å²) in [5.74, 6) is 0.542. The molecule has 0 aromatic heterocycles. The lowest BCUT2D eigenvalue weighted by molar-refractivity contribution is -0.0439. The van der Waals surface area contributed by atoms with E-state index >= 15 is 0 Å². The maximum absolute atomic E-state index is 12.5. The Labute approximate surface area is 153 Å². The van der Waals surface area contributed by atoms with E-state index in [1.165, 1.54) is 0 Å². The van der Waals surface area contributed by atoms with E-state index in [1.807, 2.05) is 57.2 Å². The lowest BCUT2D eigenvalue weighted by Crippen LogP contribution is -2.29. The van der Waals surface area contributed by atoms with Gasteiger partial charge in [0.15, 0.2) is 11.5 Å². The molecule has 1 aliphatic heterocycles. The van der Waals surface area contributed by atoms with Crippen molar-refractivity contribution in [3.8, 4) is 17.2 Å². The van der Waals surface area contributed by atoms with Crippen molar-refractivity contribution in [3.05, 3.63) is 59.2 Å². The quantitative estimate of drug-likeness (QED) is 0.881. The summed E-state index contributed by atoms with van der Waals surface area (Å²) in [6.07, 6.45) is 2.04. The first-order valence-corrected chi connectivity index (χ1v) is 8.48. The lowest BCUT2D eigenvalue weighted by atomic mass is 10.1. The highest BCUT2D eigenvalue weighted by molar-refractivity contribution is 5.96. The highest BCUT2D eigenvalue weighted by atomic mass is 16.7. The van der Waals surface area contributed by atoms with Gasteiger partial charge in [0.1, 0.15) is 0 Å². The predicted octanol–water partition coefficient (Wildman–Crippen LogP) is 4.04. The molecule has 0 saturated heterocycles. The fourth-order valence-electron chi connectivity index (χ4n) is 2.77. The number of ether oxygens (including phenoxy) is 3. The normalized spacial score (nSPS) is 14.8. The minimum absolute atomic E-state index is 0.194. The van der Waals surface area contributed by atoms with Crippen molar-refractivity contribution in [2.24, 2.45) is 0 Å². The largest absolute Gasteiger partial charge is 0.493 e. The number of rotatable bonds is 5. The zero-order chi connectivity index (χ0) is 18.7. The Morgan fingerprint density at radius 3 is 2.62 bits per heavy atom. The number of nitrogens with one attached hydrogen (secondary N) is 1. The van der Waals surface area contributed by atoms with E-state index in [4.69, 9.17) is 14.2 Å². The molecule has 2 aromatic rings. The first kappa shape index (κ1) is 17.9. The lowest BCUT2D eigenvalue weighted by Gasteiger charge is -2.16. The van der Waals surface area contributed by atoms with Crippen LogP contribution >= 0.6 is 0 Å². The van der Waals surface area contributed by atoms with E-state index in [0.717, 1.165) is 11.1 Å². The number of hydrogen-bond donors (Lipinski definition) is 1. The van der Waals surface area contributed by atoms with E-state index in [1.54, 1.807) is 19.2 Å². The van der Waals surface area contributed by atoms with Gasteiger partial charge in [0.05, 0.1) is 7.11 Å². The maximum atomic E-state index is 12.5.